The number of carbonyl (C=O) groups is 4. The highest BCUT2D eigenvalue weighted by Gasteiger charge is 2.73. The maximum atomic E-state index is 14.6. The topological polar surface area (TPSA) is 74.8 Å². The second-order valence-electron chi connectivity index (χ2n) is 8.29. The summed E-state index contributed by atoms with van der Waals surface area (Å²) in [6.45, 7) is 6.14. The summed E-state index contributed by atoms with van der Waals surface area (Å²) in [5.74, 6) is -3.93. The van der Waals surface area contributed by atoms with E-state index in [2.05, 4.69) is 13.2 Å². The fourth-order valence-electron chi connectivity index (χ4n) is 4.62. The zero-order valence-electron chi connectivity index (χ0n) is 18.7. The Hall–Kier alpha value is -4.22. The van der Waals surface area contributed by atoms with Crippen molar-refractivity contribution in [1.82, 2.24) is 9.80 Å². The highest BCUT2D eigenvalue weighted by atomic mass is 19.4. The molecule has 0 spiro atoms. The van der Waals surface area contributed by atoms with Gasteiger partial charge in [0.1, 0.15) is 0 Å². The lowest BCUT2D eigenvalue weighted by molar-refractivity contribution is -0.288. The van der Waals surface area contributed by atoms with Gasteiger partial charge < -0.3 is 0 Å². The SMILES string of the molecule is C=CCN1C(=O)c2ccc(C(c3ccc4c(c3)C(=O)N(CC=C)C4=O)(C(F)(F)F)C(F)(F)F)cc2C1=O. The number of carbonyl (C=O) groups excluding carboxylic acids is 4. The van der Waals surface area contributed by atoms with Crippen LogP contribution in [0.15, 0.2) is 61.7 Å². The smallest absolute Gasteiger partial charge is 0.270 e. The number of imide groups is 2. The van der Waals surface area contributed by atoms with Gasteiger partial charge in [-0.05, 0) is 35.4 Å². The fraction of sp³-hybridized carbons (Fsp3) is 0.200. The van der Waals surface area contributed by atoms with E-state index in [4.69, 9.17) is 0 Å². The number of hydrogen-bond donors (Lipinski definition) is 0. The maximum Gasteiger partial charge on any atom is 0.411 e. The fourth-order valence-corrected chi connectivity index (χ4v) is 4.62. The lowest BCUT2D eigenvalue weighted by Gasteiger charge is -2.38. The van der Waals surface area contributed by atoms with Crippen LogP contribution in [0.3, 0.4) is 0 Å². The highest BCUT2D eigenvalue weighted by Crippen LogP contribution is 2.57. The van der Waals surface area contributed by atoms with Crippen molar-refractivity contribution in [2.24, 2.45) is 0 Å². The Kier molecular flexibility index (Phi) is 5.89. The van der Waals surface area contributed by atoms with E-state index < -0.39 is 63.7 Å². The zero-order chi connectivity index (χ0) is 27.5. The molecule has 0 aliphatic carbocycles. The number of hydrogen-bond acceptors (Lipinski definition) is 4. The van der Waals surface area contributed by atoms with Gasteiger partial charge in [-0.3, -0.25) is 29.0 Å². The first kappa shape index (κ1) is 25.9. The molecule has 192 valence electrons. The molecule has 0 radical (unpaired) electrons. The van der Waals surface area contributed by atoms with Crippen LogP contribution in [0.4, 0.5) is 26.3 Å². The van der Waals surface area contributed by atoms with Crippen molar-refractivity contribution in [3.05, 3.63) is 95.1 Å². The third-order valence-electron chi connectivity index (χ3n) is 6.28. The van der Waals surface area contributed by atoms with Crippen molar-refractivity contribution in [1.29, 1.82) is 0 Å². The number of nitrogens with zero attached hydrogens (tertiary/aromatic N) is 2. The van der Waals surface area contributed by atoms with Crippen LogP contribution in [0.5, 0.6) is 0 Å². The van der Waals surface area contributed by atoms with Crippen molar-refractivity contribution < 1.29 is 45.5 Å². The van der Waals surface area contributed by atoms with Gasteiger partial charge in [-0.25, -0.2) is 0 Å². The lowest BCUT2D eigenvalue weighted by atomic mass is 9.71. The van der Waals surface area contributed by atoms with Crippen molar-refractivity contribution >= 4 is 23.6 Å². The molecule has 37 heavy (non-hydrogen) atoms. The first-order valence-electron chi connectivity index (χ1n) is 10.6. The van der Waals surface area contributed by atoms with Crippen molar-refractivity contribution in [3.63, 3.8) is 0 Å². The van der Waals surface area contributed by atoms with Crippen LogP contribution >= 0.6 is 0 Å². The summed E-state index contributed by atoms with van der Waals surface area (Å²) in [5, 5.41) is 0. The van der Waals surface area contributed by atoms with Crippen LogP contribution in [-0.4, -0.2) is 58.9 Å². The van der Waals surface area contributed by atoms with Crippen LogP contribution in [0.25, 0.3) is 0 Å². The molecule has 0 N–H and O–H groups in total. The predicted octanol–water partition coefficient (Wildman–Crippen LogP) is 4.66. The quantitative estimate of drug-likeness (QED) is 0.314. The molecule has 6 nitrogen and oxygen atoms in total. The highest BCUT2D eigenvalue weighted by molar-refractivity contribution is 6.22. The monoisotopic (exact) mass is 522 g/mol. The van der Waals surface area contributed by atoms with E-state index in [9.17, 15) is 45.5 Å². The predicted molar refractivity (Wildman–Crippen MR) is 117 cm³/mol. The number of benzene rings is 2. The lowest BCUT2D eigenvalue weighted by Crippen LogP contribution is -2.55. The molecule has 2 aromatic rings. The van der Waals surface area contributed by atoms with E-state index >= 15 is 0 Å². The summed E-state index contributed by atoms with van der Waals surface area (Å²) in [4.78, 5) is 51.4. The molecule has 0 atom stereocenters. The molecule has 0 saturated heterocycles. The molecule has 0 fully saturated rings. The molecule has 0 saturated carbocycles. The molecule has 0 aromatic heterocycles. The van der Waals surface area contributed by atoms with Gasteiger partial charge in [-0.1, -0.05) is 24.3 Å². The van der Waals surface area contributed by atoms with Gasteiger partial charge in [-0.2, -0.15) is 26.3 Å². The number of rotatable bonds is 6. The molecule has 2 aliphatic heterocycles. The van der Waals surface area contributed by atoms with Crippen molar-refractivity contribution in [2.75, 3.05) is 13.1 Å². The number of amides is 4. The minimum absolute atomic E-state index is 0.298. The van der Waals surface area contributed by atoms with E-state index in [0.717, 1.165) is 12.1 Å². The number of fused-ring (bicyclic) bond motifs is 2. The van der Waals surface area contributed by atoms with Crippen LogP contribution < -0.4 is 0 Å². The van der Waals surface area contributed by atoms with Gasteiger partial charge in [0.25, 0.3) is 23.6 Å². The minimum atomic E-state index is -6.02. The van der Waals surface area contributed by atoms with E-state index in [1.165, 1.54) is 12.2 Å². The Labute approximate surface area is 205 Å². The summed E-state index contributed by atoms with van der Waals surface area (Å²) in [5.41, 5.74) is -9.44. The summed E-state index contributed by atoms with van der Waals surface area (Å²) >= 11 is 0. The number of halogens is 6. The van der Waals surface area contributed by atoms with E-state index in [-0.39, 0.29) is 24.2 Å². The van der Waals surface area contributed by atoms with Gasteiger partial charge in [-0.15, -0.1) is 13.2 Å². The standard InChI is InChI=1S/C25H16F6N2O4/c1-3-9-32-19(34)15-7-5-13(11-17(15)21(32)36)23(24(26,27)28,25(29,30)31)14-6-8-16-18(12-14)22(37)33(10-4-2)20(16)35/h3-8,11-12H,1-2,9-10H2. The molecule has 2 heterocycles. The molecule has 2 aromatic carbocycles. The van der Waals surface area contributed by atoms with E-state index in [0.29, 0.717) is 34.1 Å². The van der Waals surface area contributed by atoms with Gasteiger partial charge in [0.15, 0.2) is 0 Å². The average molecular weight is 522 g/mol. The normalized spacial score (nSPS) is 15.8. The van der Waals surface area contributed by atoms with E-state index in [1.54, 1.807) is 0 Å². The molecule has 0 bridgehead atoms. The third-order valence-corrected chi connectivity index (χ3v) is 6.28. The first-order valence-corrected chi connectivity index (χ1v) is 10.6. The second-order valence-corrected chi connectivity index (χ2v) is 8.29. The van der Waals surface area contributed by atoms with Gasteiger partial charge in [0.05, 0.1) is 22.3 Å². The minimum Gasteiger partial charge on any atom is -0.270 e. The van der Waals surface area contributed by atoms with Gasteiger partial charge in [0, 0.05) is 13.1 Å². The summed E-state index contributed by atoms with van der Waals surface area (Å²) < 4.78 is 87.7. The molecular formula is C25H16F6N2O4. The Morgan fingerprint density at radius 2 is 0.919 bits per heavy atom. The Morgan fingerprint density at radius 1 is 0.595 bits per heavy atom. The van der Waals surface area contributed by atoms with E-state index in [1.807, 2.05) is 0 Å². The van der Waals surface area contributed by atoms with Crippen LogP contribution in [0, 0.1) is 0 Å². The summed E-state index contributed by atoms with van der Waals surface area (Å²) in [6, 6.07) is 3.20. The van der Waals surface area contributed by atoms with Gasteiger partial charge in [0.2, 0.25) is 5.41 Å². The van der Waals surface area contributed by atoms with Crippen LogP contribution in [-0.2, 0) is 5.41 Å². The summed E-state index contributed by atoms with van der Waals surface area (Å²) in [6.07, 6.45) is -9.69. The van der Waals surface area contributed by atoms with Crippen molar-refractivity contribution in [3.8, 4) is 0 Å². The third kappa shape index (κ3) is 3.50. The molecule has 4 rings (SSSR count). The van der Waals surface area contributed by atoms with Gasteiger partial charge >= 0.3 is 12.4 Å². The maximum absolute atomic E-state index is 14.6. The Morgan fingerprint density at radius 3 is 1.22 bits per heavy atom. The number of alkyl halides is 6. The summed E-state index contributed by atoms with van der Waals surface area (Å²) in [7, 11) is 0. The van der Waals surface area contributed by atoms with Crippen LogP contribution in [0.2, 0.25) is 0 Å². The van der Waals surface area contributed by atoms with Crippen LogP contribution in [0.1, 0.15) is 52.6 Å². The zero-order valence-corrected chi connectivity index (χ0v) is 18.7. The first-order chi connectivity index (χ1) is 17.2. The molecule has 12 heteroatoms. The van der Waals surface area contributed by atoms with Crippen molar-refractivity contribution in [2.45, 2.75) is 17.8 Å². The second kappa shape index (κ2) is 8.43. The largest absolute Gasteiger partial charge is 0.411 e. The molecule has 4 amide bonds. The molecule has 2 aliphatic rings. The Balaban J connectivity index is 1.99. The molecular weight excluding hydrogens is 506 g/mol. The Bertz CT molecular complexity index is 1290. The molecule has 0 unspecified atom stereocenters. The average Bonchev–Trinajstić information content (AvgIpc) is 3.18.